The number of nitriles is 4. The van der Waals surface area contributed by atoms with Crippen molar-refractivity contribution in [2.45, 2.75) is 235 Å². The first kappa shape index (κ1) is 75.1. The quantitative estimate of drug-likeness (QED) is 0.0166. The Hall–Kier alpha value is -7.62. The van der Waals surface area contributed by atoms with Crippen LogP contribution in [0, 0.1) is 92.3 Å². The number of hydrogen-bond donors (Lipinski definition) is 0. The number of fused-ring (bicyclic) bond motifs is 16. The number of carbonyl (C=O) groups excluding carboxylic acids is 2. The van der Waals surface area contributed by atoms with E-state index in [9.17, 15) is 30.6 Å². The van der Waals surface area contributed by atoms with E-state index in [1.54, 1.807) is 45.3 Å². The lowest BCUT2D eigenvalue weighted by molar-refractivity contribution is 0.103. The third-order valence-corrected chi connectivity index (χ3v) is 27.6. The number of unbranched alkanes of at least 4 members (excludes halogenated alkanes) is 10. The summed E-state index contributed by atoms with van der Waals surface area (Å²) in [5.41, 5.74) is 7.47. The van der Waals surface area contributed by atoms with Gasteiger partial charge in [0.25, 0.3) is 0 Å². The van der Waals surface area contributed by atoms with Gasteiger partial charge in [-0.15, -0.1) is 45.3 Å². The molecule has 0 amide bonds. The van der Waals surface area contributed by atoms with Gasteiger partial charge in [0, 0.05) is 67.0 Å². The second-order valence-corrected chi connectivity index (χ2v) is 33.4. The summed E-state index contributed by atoms with van der Waals surface area (Å²) < 4.78 is 83.6. The molecule has 3 aromatic carbocycles. The summed E-state index contributed by atoms with van der Waals surface area (Å²) in [7, 11) is 0. The second-order valence-electron chi connectivity index (χ2n) is 28.7. The number of carbonyl (C=O) groups is 2. The number of allylic oxidation sites excluding steroid dienone is 6. The van der Waals surface area contributed by atoms with E-state index in [0.29, 0.717) is 37.8 Å². The van der Waals surface area contributed by atoms with Crippen LogP contribution in [-0.4, -0.2) is 29.4 Å². The highest BCUT2D eigenvalue weighted by Crippen LogP contribution is 2.57. The van der Waals surface area contributed by atoms with E-state index < -0.39 is 34.8 Å². The highest BCUT2D eigenvalue weighted by molar-refractivity contribution is 7.34. The monoisotopic (exact) mass is 1480 g/mol. The fourth-order valence-electron chi connectivity index (χ4n) is 16.3. The first-order valence-corrected chi connectivity index (χ1v) is 41.8. The predicted octanol–water partition coefficient (Wildman–Crippen LogP) is 26.2. The third kappa shape index (κ3) is 14.2. The predicted molar refractivity (Wildman–Crippen MR) is 421 cm³/mol. The Morgan fingerprint density at radius 1 is 0.427 bits per heavy atom. The molecule has 10 nitrogen and oxygen atoms in total. The largest absolute Gasteiger partial charge is 0.337 e. The summed E-state index contributed by atoms with van der Waals surface area (Å²) in [5, 5.41) is 44.2. The van der Waals surface area contributed by atoms with Gasteiger partial charge in [-0.3, -0.25) is 9.59 Å². The Morgan fingerprint density at radius 3 is 1.11 bits per heavy atom. The van der Waals surface area contributed by atoms with Gasteiger partial charge in [0.05, 0.1) is 62.0 Å². The van der Waals surface area contributed by atoms with Crippen molar-refractivity contribution in [1.82, 2.24) is 17.9 Å². The van der Waals surface area contributed by atoms with Crippen molar-refractivity contribution in [3.63, 3.8) is 0 Å². The third-order valence-electron chi connectivity index (χ3n) is 21.9. The van der Waals surface area contributed by atoms with E-state index in [1.807, 2.05) is 36.4 Å². The SMILES string of the molecule is CCCCCCC(CCCC)Cc1c(C=C2C(=O)c3cc(F)c(F)cc3C2=C(C#N)C#N)sc2c1sc1c3c4nsnc4c4c5sc6c(CC(CCCC)CCCCCC)c(C=C7C(=O)c8cc(F)c(F)cc8C7=C(C#N)C#N)sc6c5n(CC(CC)CCCC)c4c3n(CC(CC)CCCC)c21. The molecule has 19 heteroatoms. The van der Waals surface area contributed by atoms with E-state index in [4.69, 9.17) is 8.75 Å². The molecule has 0 fully saturated rings. The van der Waals surface area contributed by atoms with Crippen molar-refractivity contribution >= 4 is 164 Å². The molecule has 0 spiro atoms. The molecular weight excluding hydrogens is 1390 g/mol. The zero-order valence-electron chi connectivity index (χ0n) is 60.5. The van der Waals surface area contributed by atoms with Gasteiger partial charge in [-0.05, 0) is 108 Å². The van der Waals surface area contributed by atoms with Gasteiger partial charge >= 0.3 is 0 Å². The summed E-state index contributed by atoms with van der Waals surface area (Å²) in [5.74, 6) is -4.73. The Bertz CT molecular complexity index is 4910. The van der Waals surface area contributed by atoms with E-state index >= 15 is 17.6 Å². The molecule has 4 atom stereocenters. The fourth-order valence-corrected chi connectivity index (χ4v) is 22.7. The summed E-state index contributed by atoms with van der Waals surface area (Å²) in [4.78, 5) is 31.4. The van der Waals surface area contributed by atoms with E-state index in [2.05, 4.69) is 64.5 Å². The van der Waals surface area contributed by atoms with Crippen LogP contribution in [0.3, 0.4) is 0 Å². The number of benzene rings is 3. The van der Waals surface area contributed by atoms with Crippen molar-refractivity contribution in [3.05, 3.63) is 113 Å². The number of ketones is 2. The van der Waals surface area contributed by atoms with Crippen LogP contribution in [0.1, 0.15) is 262 Å². The lowest BCUT2D eigenvalue weighted by Crippen LogP contribution is -2.13. The summed E-state index contributed by atoms with van der Waals surface area (Å²) in [6, 6.07) is 11.6. The normalized spacial score (nSPS) is 15.1. The van der Waals surface area contributed by atoms with Crippen LogP contribution in [0.2, 0.25) is 0 Å². The lowest BCUT2D eigenvalue weighted by Gasteiger charge is -2.20. The molecule has 12 rings (SSSR count). The molecule has 4 unspecified atom stereocenters. The summed E-state index contributed by atoms with van der Waals surface area (Å²) >= 11 is 7.97. The lowest BCUT2D eigenvalue weighted by atomic mass is 9.89. The topological polar surface area (TPSA) is 165 Å². The maximum absolute atomic E-state index is 15.3. The Balaban J connectivity index is 1.21. The van der Waals surface area contributed by atoms with Gasteiger partial charge in [0.15, 0.2) is 34.8 Å². The van der Waals surface area contributed by atoms with E-state index in [1.165, 1.54) is 11.7 Å². The molecule has 7 aromatic heterocycles. The number of hydrogen-bond acceptors (Lipinski definition) is 13. The van der Waals surface area contributed by atoms with Crippen LogP contribution < -0.4 is 0 Å². The van der Waals surface area contributed by atoms with Gasteiger partial charge in [-0.1, -0.05) is 197 Å². The Labute approximate surface area is 622 Å². The van der Waals surface area contributed by atoms with Crippen LogP contribution in [0.4, 0.5) is 17.6 Å². The number of aromatic nitrogens is 4. The fraction of sp³-hybridized carbons (Fsp3) is 0.476. The summed E-state index contributed by atoms with van der Waals surface area (Å²) in [6.07, 6.45) is 30.2. The number of thiophene rings is 4. The van der Waals surface area contributed by atoms with Crippen molar-refractivity contribution < 1.29 is 27.2 Å². The van der Waals surface area contributed by atoms with Crippen molar-refractivity contribution in [2.24, 2.45) is 23.7 Å². The van der Waals surface area contributed by atoms with E-state index in [-0.39, 0.29) is 67.5 Å². The van der Waals surface area contributed by atoms with Crippen LogP contribution in [-0.2, 0) is 25.9 Å². The molecule has 0 radical (unpaired) electrons. The van der Waals surface area contributed by atoms with Gasteiger partial charge < -0.3 is 9.13 Å². The highest BCUT2D eigenvalue weighted by Gasteiger charge is 2.39. The van der Waals surface area contributed by atoms with Crippen molar-refractivity contribution in [3.8, 4) is 24.3 Å². The smallest absolute Gasteiger partial charge is 0.194 e. The number of nitrogens with zero attached hydrogens (tertiary/aromatic N) is 8. The summed E-state index contributed by atoms with van der Waals surface area (Å²) in [6.45, 7) is 19.3. The maximum Gasteiger partial charge on any atom is 0.194 e. The standard InChI is InChI=1S/C84H90F4N8O2S5/c1-9-17-23-25-31-49(29-21-13-5)33-57-65(39-59-67(51(41-89)42-90)53-35-61(85)63(87)37-55(53)77(59)97)99-83-75-81(101-79(57)83)69-71-72(94-103-93-71)70-74(73(69)95(75)45-47(15-7)27-19-11-3)96(46-48(16-8)28-20-12-4)76-82(70)102-80-58(34-50(30-22-14-6)32-26-24-18-10-2)66(100-84(76)80)40-60-68(52(43-91)44-92)54-36-62(86)64(88)38-56(54)78(60)98/h35-40,47-50H,9-34,45-46H2,1-8H3. The molecule has 0 saturated heterocycles. The molecule has 2 aliphatic rings. The van der Waals surface area contributed by atoms with Crippen molar-refractivity contribution in [2.75, 3.05) is 0 Å². The molecule has 0 N–H and O–H groups in total. The van der Waals surface area contributed by atoms with Crippen LogP contribution in [0.15, 0.2) is 46.6 Å². The minimum atomic E-state index is -1.19. The molecule has 0 saturated carbocycles. The average Bonchev–Trinajstić information content (AvgIpc) is 1.50. The average molecular weight is 1480 g/mol. The Morgan fingerprint density at radius 2 is 0.767 bits per heavy atom. The molecule has 536 valence electrons. The molecular formula is C84H90F4N8O2S5. The van der Waals surface area contributed by atoms with Crippen LogP contribution in [0.5, 0.6) is 0 Å². The molecule has 7 heterocycles. The van der Waals surface area contributed by atoms with Crippen LogP contribution in [0.25, 0.3) is 95.4 Å². The molecule has 0 aliphatic heterocycles. The molecule has 10 aromatic rings. The first-order chi connectivity index (χ1) is 50.1. The minimum absolute atomic E-state index is 0.00896. The van der Waals surface area contributed by atoms with Gasteiger partial charge in [0.2, 0.25) is 0 Å². The Kier molecular flexibility index (Phi) is 24.2. The molecule has 0 bridgehead atoms. The molecule has 2 aliphatic carbocycles. The number of halogens is 4. The number of rotatable bonds is 34. The van der Waals surface area contributed by atoms with Gasteiger partial charge in [-0.25, -0.2) is 17.6 Å². The zero-order chi connectivity index (χ0) is 72.9. The highest BCUT2D eigenvalue weighted by atomic mass is 32.1. The maximum atomic E-state index is 15.3. The van der Waals surface area contributed by atoms with Gasteiger partial charge in [0.1, 0.15) is 46.5 Å². The molecule has 103 heavy (non-hydrogen) atoms. The van der Waals surface area contributed by atoms with Crippen molar-refractivity contribution in [1.29, 1.82) is 21.0 Å². The second kappa shape index (κ2) is 33.2. The first-order valence-electron chi connectivity index (χ1n) is 37.8. The van der Waals surface area contributed by atoms with E-state index in [0.717, 1.165) is 271 Å². The van der Waals surface area contributed by atoms with Crippen LogP contribution >= 0.6 is 57.1 Å². The minimum Gasteiger partial charge on any atom is -0.337 e. The zero-order valence-corrected chi connectivity index (χ0v) is 64.6. The van der Waals surface area contributed by atoms with Gasteiger partial charge in [-0.2, -0.15) is 29.8 Å². The number of Topliss-reactive ketones (excluding diaryl/α,β-unsaturated/α-hetero) is 2.